The van der Waals surface area contributed by atoms with Crippen LogP contribution in [0.3, 0.4) is 0 Å². The molecule has 2 aliphatic heterocycles. The smallest absolute Gasteiger partial charge is 0.314 e. The minimum Gasteiger partial charge on any atom is -0.466 e. The van der Waals surface area contributed by atoms with Gasteiger partial charge in [-0.3, -0.25) is 14.6 Å². The molecule has 7 nitrogen and oxygen atoms in total. The molecule has 0 spiro atoms. The molecule has 122 valence electrons. The second kappa shape index (κ2) is 7.01. The number of hydrogen-bond acceptors (Lipinski definition) is 7. The quantitative estimate of drug-likeness (QED) is 0.600. The monoisotopic (exact) mass is 334 g/mol. The van der Waals surface area contributed by atoms with E-state index in [0.29, 0.717) is 18.9 Å². The van der Waals surface area contributed by atoms with Crippen LogP contribution in [0.15, 0.2) is 41.2 Å². The van der Waals surface area contributed by atoms with Gasteiger partial charge in [0.1, 0.15) is 12.1 Å². The van der Waals surface area contributed by atoms with Crippen molar-refractivity contribution in [3.8, 4) is 0 Å². The number of carbonyl (C=O) groups excluding carboxylic acids is 2. The number of pyridine rings is 1. The number of rotatable bonds is 5. The molecule has 8 heteroatoms. The number of esters is 1. The van der Waals surface area contributed by atoms with E-state index in [9.17, 15) is 9.59 Å². The third-order valence-corrected chi connectivity index (χ3v) is 4.61. The lowest BCUT2D eigenvalue weighted by Crippen LogP contribution is -2.54. The summed E-state index contributed by atoms with van der Waals surface area (Å²) in [6.45, 7) is 2.54. The number of amides is 1. The number of carbonyl (C=O) groups is 2. The predicted molar refractivity (Wildman–Crippen MR) is 84.9 cm³/mol. The lowest BCUT2D eigenvalue weighted by Gasteiger charge is -2.33. The van der Waals surface area contributed by atoms with Crippen LogP contribution in [-0.2, 0) is 14.3 Å². The summed E-state index contributed by atoms with van der Waals surface area (Å²) in [6, 6.07) is 5.70. The number of fused-ring (bicyclic) bond motifs is 1. The Morgan fingerprint density at radius 3 is 3.13 bits per heavy atom. The molecule has 2 aliphatic rings. The Balaban J connectivity index is 1.69. The largest absolute Gasteiger partial charge is 0.466 e. The van der Waals surface area contributed by atoms with Crippen LogP contribution in [0, 0.1) is 5.92 Å². The van der Waals surface area contributed by atoms with E-state index in [1.165, 1.54) is 0 Å². The van der Waals surface area contributed by atoms with Crippen LogP contribution in [0.25, 0.3) is 0 Å². The highest BCUT2D eigenvalue weighted by atomic mass is 32.2. The highest BCUT2D eigenvalue weighted by molar-refractivity contribution is 7.99. The predicted octanol–water partition coefficient (Wildman–Crippen LogP) is 0.513. The van der Waals surface area contributed by atoms with Gasteiger partial charge in [-0.1, -0.05) is 6.07 Å². The molecule has 23 heavy (non-hydrogen) atoms. The van der Waals surface area contributed by atoms with E-state index in [0.717, 1.165) is 10.7 Å². The fourth-order valence-corrected chi connectivity index (χ4v) is 3.42. The molecule has 0 aliphatic carbocycles. The first-order valence-corrected chi connectivity index (χ1v) is 8.42. The van der Waals surface area contributed by atoms with Gasteiger partial charge in [0, 0.05) is 30.3 Å². The SMILES string of the molecule is CCOC(=O)C1CNN2C(CSc3ccccn3)=CC(=O)NC12. The molecule has 2 unspecified atom stereocenters. The molecule has 2 N–H and O–H groups in total. The van der Waals surface area contributed by atoms with E-state index in [4.69, 9.17) is 4.74 Å². The molecule has 0 bridgehead atoms. The van der Waals surface area contributed by atoms with Gasteiger partial charge >= 0.3 is 5.97 Å². The van der Waals surface area contributed by atoms with Crippen molar-refractivity contribution in [2.75, 3.05) is 18.9 Å². The van der Waals surface area contributed by atoms with Gasteiger partial charge in [0.2, 0.25) is 5.91 Å². The highest BCUT2D eigenvalue weighted by Crippen LogP contribution is 2.27. The zero-order valence-electron chi connectivity index (χ0n) is 12.7. The standard InChI is InChI=1S/C15H18N4O3S/c1-2-22-15(21)11-8-17-19-10(7-12(20)18-14(11)19)9-23-13-5-3-4-6-16-13/h3-7,11,14,17H,2,8-9H2,1H3,(H,18,20). The first-order chi connectivity index (χ1) is 11.2. The maximum absolute atomic E-state index is 12.0. The number of hydrazine groups is 1. The highest BCUT2D eigenvalue weighted by Gasteiger charge is 2.43. The Kier molecular flexibility index (Phi) is 4.82. The summed E-state index contributed by atoms with van der Waals surface area (Å²) >= 11 is 1.54. The number of nitrogens with zero attached hydrogens (tertiary/aromatic N) is 2. The normalized spacial score (nSPS) is 23.1. The second-order valence-corrected chi connectivity index (χ2v) is 6.13. The van der Waals surface area contributed by atoms with E-state index in [1.54, 1.807) is 31.0 Å². The van der Waals surface area contributed by atoms with Gasteiger partial charge in [0.05, 0.1) is 11.6 Å². The van der Waals surface area contributed by atoms with Gasteiger partial charge in [-0.2, -0.15) is 0 Å². The minimum absolute atomic E-state index is 0.194. The molecule has 2 atom stereocenters. The van der Waals surface area contributed by atoms with E-state index in [1.807, 2.05) is 23.2 Å². The first-order valence-electron chi connectivity index (χ1n) is 7.43. The maximum Gasteiger partial charge on any atom is 0.314 e. The van der Waals surface area contributed by atoms with Crippen molar-refractivity contribution in [1.82, 2.24) is 20.7 Å². The zero-order valence-corrected chi connectivity index (χ0v) is 13.5. The van der Waals surface area contributed by atoms with E-state index in [2.05, 4.69) is 15.7 Å². The summed E-state index contributed by atoms with van der Waals surface area (Å²) in [5.74, 6) is -0.321. The van der Waals surface area contributed by atoms with E-state index >= 15 is 0 Å². The van der Waals surface area contributed by atoms with Crippen LogP contribution in [0.4, 0.5) is 0 Å². The Bertz CT molecular complexity index is 622. The van der Waals surface area contributed by atoms with Gasteiger partial charge in [-0.15, -0.1) is 11.8 Å². The number of hydrogen-bond donors (Lipinski definition) is 2. The van der Waals surface area contributed by atoms with Gasteiger partial charge in [-0.25, -0.2) is 10.4 Å². The lowest BCUT2D eigenvalue weighted by atomic mass is 10.1. The summed E-state index contributed by atoms with van der Waals surface area (Å²) in [5.41, 5.74) is 3.99. The molecular formula is C15H18N4O3S. The first kappa shape index (κ1) is 15.8. The fraction of sp³-hybridized carbons (Fsp3) is 0.400. The maximum atomic E-state index is 12.0. The molecule has 1 amide bonds. The van der Waals surface area contributed by atoms with E-state index < -0.39 is 12.1 Å². The topological polar surface area (TPSA) is 83.6 Å². The average molecular weight is 334 g/mol. The molecule has 0 saturated carbocycles. The van der Waals surface area contributed by atoms with Crippen molar-refractivity contribution >= 4 is 23.6 Å². The molecule has 1 saturated heterocycles. The molecule has 3 rings (SSSR count). The van der Waals surface area contributed by atoms with Crippen LogP contribution in [0.5, 0.6) is 0 Å². The Morgan fingerprint density at radius 2 is 2.39 bits per heavy atom. The van der Waals surface area contributed by atoms with Crippen LogP contribution in [0.1, 0.15) is 6.92 Å². The minimum atomic E-state index is -0.414. The third kappa shape index (κ3) is 3.48. The van der Waals surface area contributed by atoms with Crippen molar-refractivity contribution in [2.45, 2.75) is 18.1 Å². The van der Waals surface area contributed by atoms with Crippen molar-refractivity contribution in [1.29, 1.82) is 0 Å². The zero-order chi connectivity index (χ0) is 16.2. The van der Waals surface area contributed by atoms with Crippen LogP contribution >= 0.6 is 11.8 Å². The summed E-state index contributed by atoms with van der Waals surface area (Å²) in [5, 5.41) is 5.55. The number of ether oxygens (including phenoxy) is 1. The molecule has 0 aromatic carbocycles. The summed E-state index contributed by atoms with van der Waals surface area (Å²) < 4.78 is 5.08. The van der Waals surface area contributed by atoms with Crippen LogP contribution in [-0.4, -0.2) is 46.9 Å². The molecule has 1 aromatic heterocycles. The fourth-order valence-electron chi connectivity index (χ4n) is 2.59. The average Bonchev–Trinajstić information content (AvgIpc) is 2.97. The van der Waals surface area contributed by atoms with Crippen molar-refractivity contribution in [3.05, 3.63) is 36.2 Å². The summed E-state index contributed by atoms with van der Waals surface area (Å²) in [6.07, 6.45) is 2.87. The third-order valence-electron chi connectivity index (χ3n) is 3.63. The van der Waals surface area contributed by atoms with Gasteiger partial charge < -0.3 is 10.1 Å². The molecule has 0 radical (unpaired) electrons. The Labute approximate surface area is 138 Å². The lowest BCUT2D eigenvalue weighted by molar-refractivity contribution is -0.148. The Morgan fingerprint density at radius 1 is 1.52 bits per heavy atom. The van der Waals surface area contributed by atoms with E-state index in [-0.39, 0.29) is 11.9 Å². The number of nitrogens with one attached hydrogen (secondary N) is 2. The second-order valence-electron chi connectivity index (χ2n) is 5.14. The van der Waals surface area contributed by atoms with Crippen LogP contribution in [0.2, 0.25) is 0 Å². The van der Waals surface area contributed by atoms with Crippen LogP contribution < -0.4 is 10.7 Å². The molecule has 3 heterocycles. The van der Waals surface area contributed by atoms with Gasteiger partial charge in [0.15, 0.2) is 0 Å². The number of aromatic nitrogens is 1. The summed E-state index contributed by atoms with van der Waals surface area (Å²) in [7, 11) is 0. The molecule has 1 aromatic rings. The van der Waals surface area contributed by atoms with Gasteiger partial charge in [-0.05, 0) is 19.1 Å². The van der Waals surface area contributed by atoms with Gasteiger partial charge in [0.25, 0.3) is 0 Å². The number of thioether (sulfide) groups is 1. The molecule has 1 fully saturated rings. The van der Waals surface area contributed by atoms with Crippen molar-refractivity contribution in [2.24, 2.45) is 5.92 Å². The summed E-state index contributed by atoms with van der Waals surface area (Å²) in [4.78, 5) is 28.2. The van der Waals surface area contributed by atoms with Crippen molar-refractivity contribution in [3.63, 3.8) is 0 Å². The van der Waals surface area contributed by atoms with Crippen molar-refractivity contribution < 1.29 is 14.3 Å². The Hall–Kier alpha value is -2.06. The molecular weight excluding hydrogens is 316 g/mol.